The van der Waals surface area contributed by atoms with Crippen LogP contribution in [0.15, 0.2) is 40.5 Å². The molecule has 210 valence electrons. The van der Waals surface area contributed by atoms with Gasteiger partial charge in [-0.1, -0.05) is 13.8 Å². The molecule has 2 amide bonds. The number of allylic oxidation sites excluding steroid dienone is 3. The molecule has 1 aliphatic carbocycles. The van der Waals surface area contributed by atoms with Gasteiger partial charge in [0.2, 0.25) is 17.5 Å². The number of aliphatic imine (C=N–C) groups is 1. The number of nitrogens with one attached hydrogen (secondary N) is 2. The van der Waals surface area contributed by atoms with Crippen LogP contribution in [-0.2, 0) is 9.59 Å². The highest BCUT2D eigenvalue weighted by Crippen LogP contribution is 2.47. The second-order valence-corrected chi connectivity index (χ2v) is 12.7. The average molecular weight is 533 g/mol. The Labute approximate surface area is 234 Å². The lowest BCUT2D eigenvalue weighted by Crippen LogP contribution is -2.48. The molecule has 0 radical (unpaired) electrons. The molecule has 3 aliphatic rings. The minimum atomic E-state index is -0.139. The third-order valence-corrected chi connectivity index (χ3v) is 8.50. The third kappa shape index (κ3) is 5.45. The normalized spacial score (nSPS) is 24.5. The first-order chi connectivity index (χ1) is 18.2. The summed E-state index contributed by atoms with van der Waals surface area (Å²) in [7, 11) is 0. The van der Waals surface area contributed by atoms with Crippen LogP contribution in [0.3, 0.4) is 0 Å². The summed E-state index contributed by atoms with van der Waals surface area (Å²) in [5.41, 5.74) is 7.55. The van der Waals surface area contributed by atoms with Crippen molar-refractivity contribution in [2.75, 3.05) is 23.3 Å². The predicted molar refractivity (Wildman–Crippen MR) is 162 cm³/mol. The molecule has 1 aromatic rings. The van der Waals surface area contributed by atoms with Crippen LogP contribution >= 0.6 is 0 Å². The lowest BCUT2D eigenvalue weighted by molar-refractivity contribution is -0.602. The summed E-state index contributed by atoms with van der Waals surface area (Å²) >= 11 is 0. The van der Waals surface area contributed by atoms with Crippen LogP contribution in [0.25, 0.3) is 0 Å². The van der Waals surface area contributed by atoms with Crippen molar-refractivity contribution in [1.82, 2.24) is 5.32 Å². The number of carbonyl (C=O) groups excluding carboxylic acids is 2. The number of carbonyl (C=O) groups is 2. The van der Waals surface area contributed by atoms with E-state index in [1.807, 2.05) is 0 Å². The van der Waals surface area contributed by atoms with Gasteiger partial charge in [0.05, 0.1) is 22.8 Å². The minimum Gasteiger partial charge on any atom is -0.366 e. The lowest BCUT2D eigenvalue weighted by Gasteiger charge is -2.47. The van der Waals surface area contributed by atoms with Crippen LogP contribution < -0.4 is 15.5 Å². The van der Waals surface area contributed by atoms with Crippen molar-refractivity contribution >= 4 is 40.3 Å². The quantitative estimate of drug-likeness (QED) is 0.356. The monoisotopic (exact) mass is 532 g/mol. The molecule has 1 aromatic carbocycles. The SMILES string of the molecule is CCN1c2cc(NC(C)=O)c(N=C3C=C4C(=[N+](CC)C(C)(C)CC4C)C=C3NC(C)=O)cc2C(C)CC1(C)C. The first-order valence-corrected chi connectivity index (χ1v) is 14.4. The first kappa shape index (κ1) is 28.8. The van der Waals surface area contributed by atoms with Crippen molar-refractivity contribution in [3.05, 3.63) is 41.1 Å². The van der Waals surface area contributed by atoms with Crippen LogP contribution in [0.4, 0.5) is 17.1 Å². The molecule has 2 aliphatic heterocycles. The largest absolute Gasteiger partial charge is 0.366 e. The molecular weight excluding hydrogens is 486 g/mol. The Morgan fingerprint density at radius 3 is 2.26 bits per heavy atom. The smallest absolute Gasteiger partial charge is 0.221 e. The van der Waals surface area contributed by atoms with E-state index in [2.05, 4.69) is 99.8 Å². The van der Waals surface area contributed by atoms with E-state index < -0.39 is 0 Å². The molecule has 7 nitrogen and oxygen atoms in total. The summed E-state index contributed by atoms with van der Waals surface area (Å²) in [6, 6.07) is 4.21. The number of hydrogen-bond donors (Lipinski definition) is 2. The van der Waals surface area contributed by atoms with Crippen molar-refractivity contribution in [1.29, 1.82) is 0 Å². The molecular formula is C32H46N5O2+. The first-order valence-electron chi connectivity index (χ1n) is 14.4. The zero-order chi connectivity index (χ0) is 28.9. The molecule has 0 spiro atoms. The van der Waals surface area contributed by atoms with E-state index in [-0.39, 0.29) is 22.9 Å². The molecule has 2 unspecified atom stereocenters. The van der Waals surface area contributed by atoms with Gasteiger partial charge in [-0.25, -0.2) is 9.57 Å². The van der Waals surface area contributed by atoms with Gasteiger partial charge in [-0.05, 0) is 83.6 Å². The zero-order valence-electron chi connectivity index (χ0n) is 25.5. The van der Waals surface area contributed by atoms with Gasteiger partial charge in [-0.2, -0.15) is 0 Å². The maximum absolute atomic E-state index is 12.3. The van der Waals surface area contributed by atoms with E-state index in [4.69, 9.17) is 4.99 Å². The Hall–Kier alpha value is -3.22. The van der Waals surface area contributed by atoms with Crippen molar-refractivity contribution in [3.63, 3.8) is 0 Å². The van der Waals surface area contributed by atoms with Gasteiger partial charge in [0.15, 0.2) is 5.54 Å². The molecule has 0 saturated heterocycles. The van der Waals surface area contributed by atoms with Gasteiger partial charge in [0.1, 0.15) is 6.54 Å². The molecule has 7 heteroatoms. The highest BCUT2D eigenvalue weighted by atomic mass is 16.2. The van der Waals surface area contributed by atoms with Crippen molar-refractivity contribution < 1.29 is 14.2 Å². The number of fused-ring (bicyclic) bond motifs is 2. The summed E-state index contributed by atoms with van der Waals surface area (Å²) < 4.78 is 2.42. The fraction of sp³-hybridized carbons (Fsp3) is 0.562. The van der Waals surface area contributed by atoms with E-state index in [0.29, 0.717) is 34.6 Å². The lowest BCUT2D eigenvalue weighted by atomic mass is 9.77. The molecule has 0 fully saturated rings. The summed E-state index contributed by atoms with van der Waals surface area (Å²) in [5, 5.41) is 6.07. The minimum absolute atomic E-state index is 0.0134. The standard InChI is InChI=1S/C32H45N5O2/c1-11-36-29-15-27(33-21(5)38)25(13-23(29)19(3)17-31(36,7)8)35-26-14-24-20(4)18-32(9,10)37(12-2)30(24)16-28(26)34-22(6)39/h13-16,19-20H,11-12,17-18H2,1-10H3,(H,33,34,38,39)/p+1. The number of nitrogens with zero attached hydrogens (tertiary/aromatic N) is 3. The molecule has 39 heavy (non-hydrogen) atoms. The Morgan fingerprint density at radius 1 is 1.00 bits per heavy atom. The highest BCUT2D eigenvalue weighted by Gasteiger charge is 2.43. The van der Waals surface area contributed by atoms with Crippen LogP contribution in [0, 0.1) is 5.92 Å². The Bertz CT molecular complexity index is 1330. The topological polar surface area (TPSA) is 76.8 Å². The summed E-state index contributed by atoms with van der Waals surface area (Å²) in [4.78, 5) is 32.1. The summed E-state index contributed by atoms with van der Waals surface area (Å²) in [6.45, 7) is 22.8. The Kier molecular flexibility index (Phi) is 7.67. The van der Waals surface area contributed by atoms with Crippen LogP contribution in [0.1, 0.15) is 93.6 Å². The maximum Gasteiger partial charge on any atom is 0.221 e. The van der Waals surface area contributed by atoms with Crippen molar-refractivity contribution in [2.45, 2.75) is 99.1 Å². The second-order valence-electron chi connectivity index (χ2n) is 12.7. The number of rotatable bonds is 5. The molecule has 4 rings (SSSR count). The molecule has 0 bridgehead atoms. The van der Waals surface area contributed by atoms with Gasteiger partial charge >= 0.3 is 0 Å². The van der Waals surface area contributed by atoms with Crippen LogP contribution in [-0.4, -0.2) is 52.0 Å². The van der Waals surface area contributed by atoms with Crippen molar-refractivity contribution in [2.24, 2.45) is 10.9 Å². The molecule has 0 saturated carbocycles. The fourth-order valence-electron chi connectivity index (χ4n) is 7.13. The van der Waals surface area contributed by atoms with E-state index in [9.17, 15) is 9.59 Å². The van der Waals surface area contributed by atoms with Gasteiger partial charge in [0.25, 0.3) is 0 Å². The van der Waals surface area contributed by atoms with Crippen LogP contribution in [0.2, 0.25) is 0 Å². The number of anilines is 2. The fourth-order valence-corrected chi connectivity index (χ4v) is 7.13. The summed E-state index contributed by atoms with van der Waals surface area (Å²) in [6.07, 6.45) is 6.27. The average Bonchev–Trinajstić information content (AvgIpc) is 2.79. The van der Waals surface area contributed by atoms with E-state index in [1.54, 1.807) is 0 Å². The number of benzene rings is 1. The Morgan fingerprint density at radius 2 is 1.67 bits per heavy atom. The maximum atomic E-state index is 12.3. The molecule has 0 aromatic heterocycles. The molecule has 2 atom stereocenters. The zero-order valence-corrected chi connectivity index (χ0v) is 25.5. The Balaban J connectivity index is 1.94. The second kappa shape index (κ2) is 10.4. The van der Waals surface area contributed by atoms with Gasteiger partial charge < -0.3 is 15.5 Å². The predicted octanol–water partition coefficient (Wildman–Crippen LogP) is 6.08. The molecule has 2 N–H and O–H groups in total. The highest BCUT2D eigenvalue weighted by molar-refractivity contribution is 6.24. The van der Waals surface area contributed by atoms with Crippen molar-refractivity contribution in [3.8, 4) is 0 Å². The molecule has 2 heterocycles. The summed E-state index contributed by atoms with van der Waals surface area (Å²) in [5.74, 6) is 0.410. The van der Waals surface area contributed by atoms with Crippen LogP contribution in [0.5, 0.6) is 0 Å². The van der Waals surface area contributed by atoms with E-state index >= 15 is 0 Å². The third-order valence-electron chi connectivity index (χ3n) is 8.50. The number of amides is 2. The van der Waals surface area contributed by atoms with Gasteiger partial charge in [-0.3, -0.25) is 9.59 Å². The van der Waals surface area contributed by atoms with Gasteiger partial charge in [0, 0.05) is 49.7 Å². The number of hydrogen-bond acceptors (Lipinski definition) is 4. The van der Waals surface area contributed by atoms with E-state index in [1.165, 1.54) is 25.0 Å². The van der Waals surface area contributed by atoms with E-state index in [0.717, 1.165) is 37.3 Å². The van der Waals surface area contributed by atoms with Gasteiger partial charge in [-0.15, -0.1) is 0 Å².